The minimum atomic E-state index is -1.17. The van der Waals surface area contributed by atoms with Gasteiger partial charge in [-0.15, -0.1) is 0 Å². The smallest absolute Gasteiger partial charge is 0.407 e. The molecule has 0 unspecified atom stereocenters. The molecular weight excluding hydrogens is 955 g/mol. The van der Waals surface area contributed by atoms with Crippen LogP contribution in [0, 0.1) is 5.92 Å². The molecule has 4 aromatic carbocycles. The van der Waals surface area contributed by atoms with Crippen LogP contribution in [0.25, 0.3) is 27.3 Å². The number of rotatable bonds is 23. The third-order valence-electron chi connectivity index (χ3n) is 12.5. The highest BCUT2D eigenvalue weighted by atomic mass is 16.5. The average Bonchev–Trinajstić information content (AvgIpc) is 4.19. The lowest BCUT2D eigenvalue weighted by molar-refractivity contribution is -0.140. The summed E-state index contributed by atoms with van der Waals surface area (Å²) in [5.41, 5.74) is 15.4. The van der Waals surface area contributed by atoms with Crippen LogP contribution < -0.4 is 31.9 Å². The van der Waals surface area contributed by atoms with Crippen LogP contribution in [0.5, 0.6) is 0 Å². The van der Waals surface area contributed by atoms with E-state index in [-0.39, 0.29) is 38.6 Å². The first kappa shape index (κ1) is 53.1. The molecule has 2 heterocycles. The van der Waals surface area contributed by atoms with E-state index in [9.17, 15) is 44.2 Å². The zero-order valence-electron chi connectivity index (χ0n) is 40.6. The number of ether oxygens (including phenoxy) is 2. The van der Waals surface area contributed by atoms with E-state index in [0.29, 0.717) is 16.8 Å². The Kier molecular flexibility index (Phi) is 18.4. The van der Waals surface area contributed by atoms with Gasteiger partial charge in [0.15, 0.2) is 0 Å². The second-order valence-electron chi connectivity index (χ2n) is 17.8. The van der Waals surface area contributed by atoms with E-state index in [4.69, 9.17) is 9.47 Å². The van der Waals surface area contributed by atoms with E-state index < -0.39 is 104 Å². The number of alkyl carbamates (subject to hydrolysis) is 1. The minimum Gasteiger partial charge on any atom is -0.449 e. The molecule has 23 heteroatoms. The number of fused-ring (bicyclic) bond motifs is 3. The van der Waals surface area contributed by atoms with Crippen molar-refractivity contribution in [2.45, 2.75) is 62.9 Å². The number of carbonyl (C=O) groups excluding carboxylic acids is 7. The van der Waals surface area contributed by atoms with E-state index in [2.05, 4.69) is 52.0 Å². The third-order valence-corrected chi connectivity index (χ3v) is 12.5. The fourth-order valence-corrected chi connectivity index (χ4v) is 8.75. The molecule has 74 heavy (non-hydrogen) atoms. The predicted molar refractivity (Wildman–Crippen MR) is 266 cm³/mol. The topological polar surface area (TPSA) is 313 Å². The first-order chi connectivity index (χ1) is 35.8. The normalized spacial score (nSPS) is 15.8. The number of amides is 7. The number of likely N-dealkylation sites (tertiary alicyclic amines) is 1. The van der Waals surface area contributed by atoms with Gasteiger partial charge in [0.25, 0.3) is 0 Å². The molecule has 5 atom stereocenters. The molecule has 5 aromatic rings. The van der Waals surface area contributed by atoms with Gasteiger partial charge in [0.1, 0.15) is 50.7 Å². The molecule has 1 fully saturated rings. The summed E-state index contributed by atoms with van der Waals surface area (Å²) in [4.78, 5) is 100. The van der Waals surface area contributed by atoms with E-state index in [1.54, 1.807) is 73.1 Å². The van der Waals surface area contributed by atoms with E-state index >= 15 is 0 Å². The molecule has 7 rings (SSSR count). The molecule has 7 N–H and O–H groups in total. The third kappa shape index (κ3) is 13.8. The van der Waals surface area contributed by atoms with Crippen molar-refractivity contribution in [1.82, 2.24) is 51.6 Å². The lowest BCUT2D eigenvalue weighted by atomic mass is 9.98. The van der Waals surface area contributed by atoms with Crippen LogP contribution in [0.3, 0.4) is 0 Å². The molecule has 1 aromatic heterocycles. The minimum absolute atomic E-state index is 0.00888. The number of benzene rings is 4. The molecule has 1 saturated heterocycles. The first-order valence-corrected chi connectivity index (χ1v) is 23.9. The second kappa shape index (κ2) is 25.6. The molecule has 1 aliphatic carbocycles. The van der Waals surface area contributed by atoms with Crippen LogP contribution in [-0.4, -0.2) is 137 Å². The standard InChI is InChI=1S/C51H57N13O10/c1-31(2)47(61-62-52)50(71)63-25-35(21-43(63)49(70)60-42(26-65)33-16-18-34(19-17-33)64-29-53-28-58-64)74-30-57-45(67)22-55-48(69)41(20-32-10-4-3-5-11-32)59-46(68)24-54-44(66)23-56-51(72)73-27-40-38-14-8-6-12-36(38)37-13-7-9-15-39(37)40/h3-19,28-29,31,35,40-43,47,65H,20-27,30H2,1-2H3,(H,54,66)(H,55,69)(H,56,72)(H,57,67)(H,59,68)(H,60,70)/t35-,41+,42+,43+,47+/m1/s1. The average molecular weight is 1010 g/mol. The molecule has 1 aliphatic heterocycles. The summed E-state index contributed by atoms with van der Waals surface area (Å²) in [7, 11) is 0. The van der Waals surface area contributed by atoms with Crippen molar-refractivity contribution in [1.29, 1.82) is 0 Å². The number of azide groups is 1. The van der Waals surface area contributed by atoms with Crippen molar-refractivity contribution in [2.24, 2.45) is 11.0 Å². The molecule has 0 bridgehead atoms. The van der Waals surface area contributed by atoms with Crippen molar-refractivity contribution in [2.75, 3.05) is 46.1 Å². The highest BCUT2D eigenvalue weighted by Gasteiger charge is 2.43. The van der Waals surface area contributed by atoms with Gasteiger partial charge in [-0.05, 0) is 57.0 Å². The number of nitrogens with zero attached hydrogens (tertiary/aromatic N) is 7. The predicted octanol–water partition coefficient (Wildman–Crippen LogP) is 2.31. The molecule has 0 radical (unpaired) electrons. The zero-order chi connectivity index (χ0) is 52.6. The quantitative estimate of drug-likeness (QED) is 0.0215. The summed E-state index contributed by atoms with van der Waals surface area (Å²) in [5.74, 6) is -4.54. The van der Waals surface area contributed by atoms with Crippen molar-refractivity contribution >= 4 is 41.5 Å². The summed E-state index contributed by atoms with van der Waals surface area (Å²) in [6, 6.07) is 27.2. The lowest BCUT2D eigenvalue weighted by Crippen LogP contribution is -2.52. The number of carbonyl (C=O) groups is 7. The van der Waals surface area contributed by atoms with Crippen molar-refractivity contribution in [3.05, 3.63) is 148 Å². The summed E-state index contributed by atoms with van der Waals surface area (Å²) in [5, 5.41) is 33.3. The van der Waals surface area contributed by atoms with Gasteiger partial charge in [0.2, 0.25) is 35.4 Å². The Morgan fingerprint density at radius 1 is 0.797 bits per heavy atom. The van der Waals surface area contributed by atoms with Gasteiger partial charge in [0.05, 0.1) is 37.5 Å². The highest BCUT2D eigenvalue weighted by molar-refractivity contribution is 5.93. The van der Waals surface area contributed by atoms with Crippen molar-refractivity contribution in [3.8, 4) is 16.8 Å². The molecule has 7 amide bonds. The van der Waals surface area contributed by atoms with Crippen molar-refractivity contribution in [3.63, 3.8) is 0 Å². The summed E-state index contributed by atoms with van der Waals surface area (Å²) in [6.45, 7) is 0.986. The van der Waals surface area contributed by atoms with Gasteiger partial charge in [0, 0.05) is 30.2 Å². The largest absolute Gasteiger partial charge is 0.449 e. The number of aliphatic hydroxyl groups excluding tert-OH is 1. The fourth-order valence-electron chi connectivity index (χ4n) is 8.75. The van der Waals surface area contributed by atoms with Gasteiger partial charge in [-0.3, -0.25) is 28.8 Å². The Bertz CT molecular complexity index is 2780. The molecule has 2 aliphatic rings. The maximum Gasteiger partial charge on any atom is 0.407 e. The Labute approximate surface area is 425 Å². The molecule has 386 valence electrons. The summed E-state index contributed by atoms with van der Waals surface area (Å²) in [6.07, 6.45) is 1.36. The van der Waals surface area contributed by atoms with Gasteiger partial charge in [-0.1, -0.05) is 110 Å². The number of aromatic nitrogens is 3. The number of aliphatic hydroxyl groups is 1. The lowest BCUT2D eigenvalue weighted by Gasteiger charge is -2.29. The van der Waals surface area contributed by atoms with E-state index in [0.717, 1.165) is 22.3 Å². The number of nitrogens with one attached hydrogen (secondary N) is 6. The second-order valence-corrected chi connectivity index (χ2v) is 17.8. The van der Waals surface area contributed by atoms with Crippen LogP contribution in [0.1, 0.15) is 54.5 Å². The van der Waals surface area contributed by atoms with Crippen LogP contribution in [0.15, 0.2) is 121 Å². The van der Waals surface area contributed by atoms with Gasteiger partial charge in [-0.25, -0.2) is 14.5 Å². The molecule has 0 saturated carbocycles. The Hall–Kier alpha value is -8.66. The monoisotopic (exact) mass is 1010 g/mol. The van der Waals surface area contributed by atoms with E-state index in [1.165, 1.54) is 17.6 Å². The molecule has 0 spiro atoms. The first-order valence-electron chi connectivity index (χ1n) is 23.9. The van der Waals surface area contributed by atoms with Gasteiger partial charge in [-0.2, -0.15) is 5.10 Å². The Morgan fingerprint density at radius 3 is 2.09 bits per heavy atom. The van der Waals surface area contributed by atoms with Gasteiger partial charge >= 0.3 is 6.09 Å². The van der Waals surface area contributed by atoms with Crippen LogP contribution in [0.4, 0.5) is 4.79 Å². The summed E-state index contributed by atoms with van der Waals surface area (Å²) < 4.78 is 12.9. The zero-order valence-corrected chi connectivity index (χ0v) is 40.6. The maximum atomic E-state index is 13.9. The van der Waals surface area contributed by atoms with Crippen LogP contribution in [0.2, 0.25) is 0 Å². The van der Waals surface area contributed by atoms with E-state index in [1.807, 2.05) is 48.5 Å². The number of hydrogen-bond donors (Lipinski definition) is 7. The van der Waals surface area contributed by atoms with Crippen molar-refractivity contribution < 1.29 is 48.1 Å². The van der Waals surface area contributed by atoms with Gasteiger partial charge < -0.3 is 51.4 Å². The fraction of sp³-hybridized carbons (Fsp3) is 0.353. The number of hydrogen-bond acceptors (Lipinski definition) is 13. The highest BCUT2D eigenvalue weighted by Crippen LogP contribution is 2.44. The summed E-state index contributed by atoms with van der Waals surface area (Å²) >= 11 is 0. The Morgan fingerprint density at radius 2 is 1.45 bits per heavy atom. The molecule has 23 nitrogen and oxygen atoms in total. The van der Waals surface area contributed by atoms with Crippen LogP contribution in [-0.2, 0) is 44.7 Å². The maximum absolute atomic E-state index is 13.9. The molecular formula is C51H57N13O10. The Balaban J connectivity index is 0.869. The SMILES string of the molecule is CC(C)[C@H](N=[N+]=[N-])C(=O)N1C[C@H](OCNC(=O)CNC(=O)[C@H](Cc2ccccc2)NC(=O)CNC(=O)CNC(=O)OCC2c3ccccc3-c3ccccc32)C[C@H]1C(=O)N[C@@H](CO)c1ccc(-n2cncn2)cc1. The van der Waals surface area contributed by atoms with Crippen LogP contribution >= 0.6 is 0 Å².